The molecule has 0 fully saturated rings. The topological polar surface area (TPSA) is 66.4 Å². The molecule has 1 aromatic carbocycles. The molecule has 0 saturated carbocycles. The van der Waals surface area contributed by atoms with Crippen LogP contribution in [0.2, 0.25) is 0 Å². The summed E-state index contributed by atoms with van der Waals surface area (Å²) in [7, 11) is 0. The minimum absolute atomic E-state index is 0.101. The number of nitrogens with one attached hydrogen (secondary N) is 1. The molecule has 1 aromatic rings. The third-order valence-electron chi connectivity index (χ3n) is 2.09. The second kappa shape index (κ2) is 7.41. The van der Waals surface area contributed by atoms with Crippen molar-refractivity contribution in [2.75, 3.05) is 18.1 Å². The number of carbonyl (C=O) groups excluding carboxylic acids is 1. The first-order valence-corrected chi connectivity index (χ1v) is 6.43. The molecule has 0 radical (unpaired) electrons. The van der Waals surface area contributed by atoms with Crippen molar-refractivity contribution in [3.8, 4) is 12.3 Å². The van der Waals surface area contributed by atoms with Crippen molar-refractivity contribution >= 4 is 23.6 Å². The van der Waals surface area contributed by atoms with Crippen LogP contribution in [0, 0.1) is 12.3 Å². The molecule has 0 aliphatic rings. The van der Waals surface area contributed by atoms with Gasteiger partial charge in [-0.15, -0.1) is 18.2 Å². The minimum atomic E-state index is -1.05. The van der Waals surface area contributed by atoms with Crippen LogP contribution in [0.1, 0.15) is 20.7 Å². The fourth-order valence-electron chi connectivity index (χ4n) is 1.26. The molecular weight excluding hydrogens is 250 g/mol. The van der Waals surface area contributed by atoms with E-state index in [0.717, 1.165) is 5.75 Å². The second-order valence-corrected chi connectivity index (χ2v) is 4.50. The van der Waals surface area contributed by atoms with Crippen molar-refractivity contribution in [3.05, 3.63) is 35.4 Å². The fourth-order valence-corrected chi connectivity index (χ4v) is 1.77. The number of aromatic carboxylic acids is 1. The first kappa shape index (κ1) is 14.1. The van der Waals surface area contributed by atoms with Gasteiger partial charge in [0.15, 0.2) is 0 Å². The lowest BCUT2D eigenvalue weighted by molar-refractivity contribution is 0.0697. The molecule has 0 aliphatic heterocycles. The van der Waals surface area contributed by atoms with Crippen LogP contribution in [0.4, 0.5) is 0 Å². The number of terminal acetylenes is 1. The summed E-state index contributed by atoms with van der Waals surface area (Å²) in [6, 6.07) is 5.93. The van der Waals surface area contributed by atoms with Crippen LogP contribution >= 0.6 is 11.8 Å². The van der Waals surface area contributed by atoms with Gasteiger partial charge in [0.05, 0.1) is 11.3 Å². The molecule has 5 heteroatoms. The Hall–Kier alpha value is -1.93. The number of thioether (sulfide) groups is 1. The molecule has 94 valence electrons. The highest BCUT2D eigenvalue weighted by Crippen LogP contribution is 2.05. The number of carboxylic acids is 1. The molecule has 0 saturated heterocycles. The van der Waals surface area contributed by atoms with Crippen LogP contribution in [0.3, 0.4) is 0 Å². The van der Waals surface area contributed by atoms with Gasteiger partial charge in [0.1, 0.15) is 0 Å². The molecule has 0 unspecified atom stereocenters. The van der Waals surface area contributed by atoms with Gasteiger partial charge in [0.2, 0.25) is 0 Å². The van der Waals surface area contributed by atoms with Gasteiger partial charge in [-0.05, 0) is 18.2 Å². The smallest absolute Gasteiger partial charge is 0.335 e. The van der Waals surface area contributed by atoms with Crippen LogP contribution < -0.4 is 5.32 Å². The summed E-state index contributed by atoms with van der Waals surface area (Å²) in [5.41, 5.74) is 0.446. The van der Waals surface area contributed by atoms with Crippen molar-refractivity contribution in [3.63, 3.8) is 0 Å². The van der Waals surface area contributed by atoms with Crippen LogP contribution in [0.15, 0.2) is 24.3 Å². The lowest BCUT2D eigenvalue weighted by atomic mass is 10.1. The SMILES string of the molecule is C#CCSCCNC(=O)c1cccc(C(=O)O)c1. The molecule has 18 heavy (non-hydrogen) atoms. The number of carboxylic acid groups (broad SMARTS) is 1. The maximum atomic E-state index is 11.7. The zero-order valence-electron chi connectivity index (χ0n) is 9.68. The summed E-state index contributed by atoms with van der Waals surface area (Å²) in [6.45, 7) is 0.502. The number of benzene rings is 1. The van der Waals surface area contributed by atoms with Gasteiger partial charge in [-0.2, -0.15) is 0 Å². The first-order valence-electron chi connectivity index (χ1n) is 5.28. The molecule has 0 bridgehead atoms. The monoisotopic (exact) mass is 263 g/mol. The molecule has 0 heterocycles. The van der Waals surface area contributed by atoms with E-state index < -0.39 is 5.97 Å². The average molecular weight is 263 g/mol. The van der Waals surface area contributed by atoms with E-state index in [1.54, 1.807) is 23.9 Å². The summed E-state index contributed by atoms with van der Waals surface area (Å²) >= 11 is 1.55. The van der Waals surface area contributed by atoms with E-state index in [1.165, 1.54) is 12.1 Å². The van der Waals surface area contributed by atoms with E-state index >= 15 is 0 Å². The Morgan fingerprint density at radius 1 is 1.39 bits per heavy atom. The van der Waals surface area contributed by atoms with Crippen LogP contribution in [-0.4, -0.2) is 35.0 Å². The van der Waals surface area contributed by atoms with E-state index in [4.69, 9.17) is 11.5 Å². The van der Waals surface area contributed by atoms with E-state index in [0.29, 0.717) is 17.9 Å². The maximum absolute atomic E-state index is 11.7. The average Bonchev–Trinajstić information content (AvgIpc) is 2.38. The molecule has 1 amide bonds. The summed E-state index contributed by atoms with van der Waals surface area (Å²) in [4.78, 5) is 22.5. The Balaban J connectivity index is 2.49. The number of hydrogen-bond acceptors (Lipinski definition) is 3. The summed E-state index contributed by atoms with van der Waals surface area (Å²) in [5.74, 6) is 2.51. The quantitative estimate of drug-likeness (QED) is 0.602. The Labute approximate surface area is 110 Å². The highest BCUT2D eigenvalue weighted by atomic mass is 32.2. The van der Waals surface area contributed by atoms with Crippen molar-refractivity contribution in [2.45, 2.75) is 0 Å². The normalized spacial score (nSPS) is 9.50. The third kappa shape index (κ3) is 4.52. The van der Waals surface area contributed by atoms with Gasteiger partial charge < -0.3 is 10.4 Å². The summed E-state index contributed by atoms with van der Waals surface area (Å²) in [5, 5.41) is 11.5. The van der Waals surface area contributed by atoms with Crippen molar-refractivity contribution in [1.29, 1.82) is 0 Å². The molecule has 1 rings (SSSR count). The Bertz CT molecular complexity index is 479. The molecule has 0 spiro atoms. The Morgan fingerprint density at radius 2 is 2.11 bits per heavy atom. The highest BCUT2D eigenvalue weighted by Gasteiger charge is 2.08. The summed E-state index contributed by atoms with van der Waals surface area (Å²) in [6.07, 6.45) is 5.09. The van der Waals surface area contributed by atoms with Gasteiger partial charge in [-0.1, -0.05) is 12.0 Å². The van der Waals surface area contributed by atoms with Gasteiger partial charge in [-0.3, -0.25) is 4.79 Å². The van der Waals surface area contributed by atoms with E-state index in [1.807, 2.05) is 0 Å². The van der Waals surface area contributed by atoms with Crippen molar-refractivity contribution in [1.82, 2.24) is 5.32 Å². The van der Waals surface area contributed by atoms with Gasteiger partial charge in [-0.25, -0.2) is 4.79 Å². The fraction of sp³-hybridized carbons (Fsp3) is 0.231. The Kier molecular flexibility index (Phi) is 5.81. The van der Waals surface area contributed by atoms with Crippen LogP contribution in [0.5, 0.6) is 0 Å². The molecule has 0 aromatic heterocycles. The van der Waals surface area contributed by atoms with Crippen molar-refractivity contribution < 1.29 is 14.7 Å². The number of amides is 1. The zero-order valence-corrected chi connectivity index (χ0v) is 10.5. The molecular formula is C13H13NO3S. The zero-order chi connectivity index (χ0) is 13.4. The summed E-state index contributed by atoms with van der Waals surface area (Å²) < 4.78 is 0. The first-order chi connectivity index (χ1) is 8.65. The van der Waals surface area contributed by atoms with E-state index in [-0.39, 0.29) is 11.5 Å². The molecule has 0 atom stereocenters. The number of hydrogen-bond donors (Lipinski definition) is 2. The molecule has 2 N–H and O–H groups in total. The molecule has 4 nitrogen and oxygen atoms in total. The maximum Gasteiger partial charge on any atom is 0.335 e. The van der Waals surface area contributed by atoms with E-state index in [2.05, 4.69) is 11.2 Å². The predicted octanol–water partition coefficient (Wildman–Crippen LogP) is 1.48. The lowest BCUT2D eigenvalue weighted by Gasteiger charge is -2.05. The standard InChI is InChI=1S/C13H13NO3S/c1-2-7-18-8-6-14-12(15)10-4-3-5-11(9-10)13(16)17/h1,3-5,9H,6-8H2,(H,14,15)(H,16,17). The highest BCUT2D eigenvalue weighted by molar-refractivity contribution is 7.99. The predicted molar refractivity (Wildman–Crippen MR) is 71.9 cm³/mol. The Morgan fingerprint density at radius 3 is 2.78 bits per heavy atom. The van der Waals surface area contributed by atoms with Crippen molar-refractivity contribution in [2.24, 2.45) is 0 Å². The van der Waals surface area contributed by atoms with Gasteiger partial charge in [0, 0.05) is 17.9 Å². The number of rotatable bonds is 6. The largest absolute Gasteiger partial charge is 0.478 e. The van der Waals surface area contributed by atoms with Crippen LogP contribution in [-0.2, 0) is 0 Å². The van der Waals surface area contributed by atoms with Gasteiger partial charge >= 0.3 is 5.97 Å². The van der Waals surface area contributed by atoms with E-state index in [9.17, 15) is 9.59 Å². The number of carbonyl (C=O) groups is 2. The second-order valence-electron chi connectivity index (χ2n) is 3.40. The van der Waals surface area contributed by atoms with Crippen LogP contribution in [0.25, 0.3) is 0 Å². The van der Waals surface area contributed by atoms with Gasteiger partial charge in [0.25, 0.3) is 5.91 Å². The molecule has 0 aliphatic carbocycles. The lowest BCUT2D eigenvalue weighted by Crippen LogP contribution is -2.26. The third-order valence-corrected chi connectivity index (χ3v) is 2.95. The minimum Gasteiger partial charge on any atom is -0.478 e.